The first-order valence-electron chi connectivity index (χ1n) is 4.39. The number of nitrogens with zero attached hydrogens (tertiary/aromatic N) is 2. The third kappa shape index (κ3) is 1.84. The molecule has 0 bridgehead atoms. The smallest absolute Gasteiger partial charge is 0.272 e. The van der Waals surface area contributed by atoms with E-state index >= 15 is 0 Å². The maximum Gasteiger partial charge on any atom is 0.272 e. The van der Waals surface area contributed by atoms with Gasteiger partial charge in [-0.1, -0.05) is 27.4 Å². The van der Waals surface area contributed by atoms with Crippen LogP contribution in [-0.2, 0) is 5.41 Å². The van der Waals surface area contributed by atoms with E-state index < -0.39 is 0 Å². The van der Waals surface area contributed by atoms with Gasteiger partial charge in [-0.2, -0.15) is 9.78 Å². The van der Waals surface area contributed by atoms with Crippen molar-refractivity contribution in [1.29, 1.82) is 0 Å². The van der Waals surface area contributed by atoms with Crippen molar-refractivity contribution in [1.82, 2.24) is 9.78 Å². The Bertz CT molecular complexity index is 371. The van der Waals surface area contributed by atoms with Crippen LogP contribution >= 0.6 is 0 Å². The molecule has 0 aliphatic carbocycles. The van der Waals surface area contributed by atoms with Crippen LogP contribution in [0.5, 0.6) is 0 Å². The number of aromatic nitrogens is 2. The molecule has 4 nitrogen and oxygen atoms in total. The highest BCUT2D eigenvalue weighted by Gasteiger charge is 2.20. The summed E-state index contributed by atoms with van der Waals surface area (Å²) in [4.78, 5) is 11.3. The van der Waals surface area contributed by atoms with Gasteiger partial charge in [0.05, 0.1) is 5.69 Å². The van der Waals surface area contributed by atoms with E-state index in [-0.39, 0.29) is 11.3 Å². The van der Waals surface area contributed by atoms with E-state index in [9.17, 15) is 4.79 Å². The number of hydrogen-bond donors (Lipinski definition) is 1. The van der Waals surface area contributed by atoms with Crippen molar-refractivity contribution in [2.24, 2.45) is 0 Å². The largest absolute Gasteiger partial charge is 0.383 e. The van der Waals surface area contributed by atoms with Crippen LogP contribution in [0, 0.1) is 0 Å². The van der Waals surface area contributed by atoms with Gasteiger partial charge < -0.3 is 5.73 Å². The summed E-state index contributed by atoms with van der Waals surface area (Å²) in [7, 11) is 0. The number of nitrogen functional groups attached to an aromatic ring is 1. The Morgan fingerprint density at radius 2 is 2.21 bits per heavy atom. The first-order chi connectivity index (χ1) is 6.36. The van der Waals surface area contributed by atoms with Crippen molar-refractivity contribution in [3.8, 4) is 0 Å². The predicted octanol–water partition coefficient (Wildman–Crippen LogP) is 1.59. The molecule has 14 heavy (non-hydrogen) atoms. The topological polar surface area (TPSA) is 60.9 Å². The molecule has 0 saturated heterocycles. The minimum Gasteiger partial charge on any atom is -0.383 e. The van der Waals surface area contributed by atoms with Gasteiger partial charge in [0.2, 0.25) is 0 Å². The summed E-state index contributed by atoms with van der Waals surface area (Å²) in [5.41, 5.74) is 6.33. The zero-order valence-electron chi connectivity index (χ0n) is 8.74. The lowest BCUT2D eigenvalue weighted by Crippen LogP contribution is -2.15. The van der Waals surface area contributed by atoms with Crippen LogP contribution < -0.4 is 5.73 Å². The molecule has 1 rings (SSSR count). The van der Waals surface area contributed by atoms with Crippen LogP contribution in [0.3, 0.4) is 0 Å². The monoisotopic (exact) mass is 193 g/mol. The zero-order chi connectivity index (χ0) is 10.9. The summed E-state index contributed by atoms with van der Waals surface area (Å²) in [6, 6.07) is 1.71. The van der Waals surface area contributed by atoms with Gasteiger partial charge in [0, 0.05) is 11.5 Å². The fraction of sp³-hybridized carbons (Fsp3) is 0.400. The molecule has 4 heteroatoms. The number of rotatable bonds is 1. The van der Waals surface area contributed by atoms with Gasteiger partial charge in [0.25, 0.3) is 5.91 Å². The van der Waals surface area contributed by atoms with Crippen LogP contribution in [0.25, 0.3) is 0 Å². The summed E-state index contributed by atoms with van der Waals surface area (Å²) in [6.45, 7) is 9.42. The van der Waals surface area contributed by atoms with E-state index in [1.807, 2.05) is 20.8 Å². The molecule has 0 atom stereocenters. The number of hydrogen-bond acceptors (Lipinski definition) is 3. The summed E-state index contributed by atoms with van der Waals surface area (Å²) >= 11 is 0. The molecule has 0 unspecified atom stereocenters. The van der Waals surface area contributed by atoms with Crippen molar-refractivity contribution in [2.75, 3.05) is 5.73 Å². The lowest BCUT2D eigenvalue weighted by atomic mass is 9.92. The van der Waals surface area contributed by atoms with Crippen LogP contribution in [-0.4, -0.2) is 15.7 Å². The molecular weight excluding hydrogens is 178 g/mol. The van der Waals surface area contributed by atoms with Crippen molar-refractivity contribution in [2.45, 2.75) is 26.2 Å². The highest BCUT2D eigenvalue weighted by atomic mass is 16.2. The fourth-order valence-corrected chi connectivity index (χ4v) is 1.03. The second kappa shape index (κ2) is 3.29. The minimum absolute atomic E-state index is 0.110. The second-order valence-electron chi connectivity index (χ2n) is 4.16. The van der Waals surface area contributed by atoms with E-state index in [2.05, 4.69) is 11.7 Å². The molecule has 1 aromatic rings. The SMILES string of the molecule is C=CC(=O)n1nc(C(C)(C)C)cc1N. The van der Waals surface area contributed by atoms with Gasteiger partial charge in [0.1, 0.15) is 5.82 Å². The molecule has 0 amide bonds. The quantitative estimate of drug-likeness (QED) is 0.689. The molecule has 1 aromatic heterocycles. The van der Waals surface area contributed by atoms with Crippen LogP contribution in [0.4, 0.5) is 5.82 Å². The van der Waals surface area contributed by atoms with Gasteiger partial charge in [-0.15, -0.1) is 0 Å². The van der Waals surface area contributed by atoms with Gasteiger partial charge in [-0.05, 0) is 6.08 Å². The molecule has 0 spiro atoms. The van der Waals surface area contributed by atoms with Crippen molar-refractivity contribution in [3.05, 3.63) is 24.4 Å². The molecule has 0 fully saturated rings. The van der Waals surface area contributed by atoms with E-state index in [4.69, 9.17) is 5.73 Å². The highest BCUT2D eigenvalue weighted by molar-refractivity contribution is 5.90. The van der Waals surface area contributed by atoms with Crippen LogP contribution in [0.2, 0.25) is 0 Å². The predicted molar refractivity (Wildman–Crippen MR) is 56.2 cm³/mol. The molecule has 0 aliphatic heterocycles. The van der Waals surface area contributed by atoms with Crippen LogP contribution in [0.1, 0.15) is 31.3 Å². The van der Waals surface area contributed by atoms with Crippen molar-refractivity contribution < 1.29 is 4.79 Å². The molecule has 1 heterocycles. The molecule has 76 valence electrons. The Balaban J connectivity index is 3.18. The average molecular weight is 193 g/mol. The van der Waals surface area contributed by atoms with E-state index in [1.54, 1.807) is 6.07 Å². The van der Waals surface area contributed by atoms with Crippen molar-refractivity contribution >= 4 is 11.7 Å². The van der Waals surface area contributed by atoms with Gasteiger partial charge in [0.15, 0.2) is 0 Å². The maximum absolute atomic E-state index is 11.3. The number of carbonyl (C=O) groups excluding carboxylic acids is 1. The fourth-order valence-electron chi connectivity index (χ4n) is 1.03. The molecule has 2 N–H and O–H groups in total. The van der Waals surface area contributed by atoms with Crippen LogP contribution in [0.15, 0.2) is 18.7 Å². The summed E-state index contributed by atoms with van der Waals surface area (Å²) in [6.07, 6.45) is 1.19. The molecule has 0 aliphatic rings. The number of anilines is 1. The lowest BCUT2D eigenvalue weighted by molar-refractivity contribution is 0.0956. The molecule has 0 saturated carbocycles. The summed E-state index contributed by atoms with van der Waals surface area (Å²) < 4.78 is 1.16. The molecular formula is C10H15N3O. The Hall–Kier alpha value is -1.58. The van der Waals surface area contributed by atoms with E-state index in [0.29, 0.717) is 5.82 Å². The van der Waals surface area contributed by atoms with Gasteiger partial charge in [-0.3, -0.25) is 4.79 Å². The van der Waals surface area contributed by atoms with E-state index in [0.717, 1.165) is 10.4 Å². The third-order valence-corrected chi connectivity index (χ3v) is 1.89. The van der Waals surface area contributed by atoms with Gasteiger partial charge >= 0.3 is 0 Å². The lowest BCUT2D eigenvalue weighted by Gasteiger charge is -2.13. The maximum atomic E-state index is 11.3. The standard InChI is InChI=1S/C10H15N3O/c1-5-9(14)13-8(11)6-7(12-13)10(2,3)4/h5-6H,1,11H2,2-4H3. The first-order valence-corrected chi connectivity index (χ1v) is 4.39. The number of carbonyl (C=O) groups is 1. The second-order valence-corrected chi connectivity index (χ2v) is 4.16. The third-order valence-electron chi connectivity index (χ3n) is 1.89. The van der Waals surface area contributed by atoms with Crippen molar-refractivity contribution in [3.63, 3.8) is 0 Å². The average Bonchev–Trinajstić information content (AvgIpc) is 2.45. The highest BCUT2D eigenvalue weighted by Crippen LogP contribution is 2.22. The summed E-state index contributed by atoms with van der Waals surface area (Å²) in [5.74, 6) is 0.0397. The first kappa shape index (κ1) is 10.5. The number of nitrogens with two attached hydrogens (primary N) is 1. The Labute approximate surface area is 83.4 Å². The Morgan fingerprint density at radius 3 is 2.57 bits per heavy atom. The molecule has 0 aromatic carbocycles. The minimum atomic E-state index is -0.307. The Kier molecular flexibility index (Phi) is 2.47. The normalized spacial score (nSPS) is 11.4. The number of allylic oxidation sites excluding steroid dienone is 1. The molecule has 0 radical (unpaired) electrons. The zero-order valence-corrected chi connectivity index (χ0v) is 8.74. The van der Waals surface area contributed by atoms with Gasteiger partial charge in [-0.25, -0.2) is 0 Å². The summed E-state index contributed by atoms with van der Waals surface area (Å²) in [5, 5.41) is 4.12. The van der Waals surface area contributed by atoms with E-state index in [1.165, 1.54) is 6.08 Å². The Morgan fingerprint density at radius 1 is 1.64 bits per heavy atom.